The predicted molar refractivity (Wildman–Crippen MR) is 102 cm³/mol. The number of aliphatic imine (C=N–C) groups is 1. The maximum Gasteiger partial charge on any atom is 0.247 e. The van der Waals surface area contributed by atoms with Crippen molar-refractivity contribution in [3.8, 4) is 11.5 Å². The van der Waals surface area contributed by atoms with Crippen LogP contribution in [-0.2, 0) is 21.2 Å². The zero-order chi connectivity index (χ0) is 18.9. The second-order valence-corrected chi connectivity index (χ2v) is 9.62. The first kappa shape index (κ1) is 19.0. The fourth-order valence-electron chi connectivity index (χ4n) is 3.18. The van der Waals surface area contributed by atoms with Gasteiger partial charge in [0.1, 0.15) is 0 Å². The lowest BCUT2D eigenvalue weighted by molar-refractivity contribution is -0.117. The van der Waals surface area contributed by atoms with Gasteiger partial charge in [0.05, 0.1) is 31.8 Å². The van der Waals surface area contributed by atoms with Gasteiger partial charge < -0.3 is 14.4 Å². The summed E-state index contributed by atoms with van der Waals surface area (Å²) in [6.45, 7) is 2.22. The summed E-state index contributed by atoms with van der Waals surface area (Å²) in [5, 5.41) is 0.528. The molecule has 0 N–H and O–H groups in total. The number of benzene rings is 1. The first-order chi connectivity index (χ1) is 12.4. The SMILES string of the molecule is CCC(=O)N=C1S[C@@H]2CS(=O)(=O)C[C@@H]2N1Cc1ccc(OC)c(OC)c1. The zero-order valence-corrected chi connectivity index (χ0v) is 16.6. The quantitative estimate of drug-likeness (QED) is 0.746. The van der Waals surface area contributed by atoms with E-state index in [-0.39, 0.29) is 28.7 Å². The predicted octanol–water partition coefficient (Wildman–Crippen LogP) is 1.71. The summed E-state index contributed by atoms with van der Waals surface area (Å²) in [7, 11) is 0.0835. The molecule has 9 heteroatoms. The van der Waals surface area contributed by atoms with Crippen molar-refractivity contribution in [2.45, 2.75) is 31.2 Å². The minimum absolute atomic E-state index is 0.0800. The van der Waals surface area contributed by atoms with Gasteiger partial charge >= 0.3 is 0 Å². The Morgan fingerprint density at radius 1 is 1.27 bits per heavy atom. The first-order valence-electron chi connectivity index (χ1n) is 8.33. The highest BCUT2D eigenvalue weighted by atomic mass is 32.2. The summed E-state index contributed by atoms with van der Waals surface area (Å²) in [6.07, 6.45) is 0.321. The molecule has 7 nitrogen and oxygen atoms in total. The number of hydrogen-bond donors (Lipinski definition) is 0. The molecule has 2 saturated heterocycles. The minimum atomic E-state index is -3.06. The van der Waals surface area contributed by atoms with E-state index in [4.69, 9.17) is 9.47 Å². The van der Waals surface area contributed by atoms with Gasteiger partial charge in [0, 0.05) is 18.2 Å². The number of ether oxygens (including phenoxy) is 2. The van der Waals surface area contributed by atoms with Crippen molar-refractivity contribution in [3.05, 3.63) is 23.8 Å². The molecule has 1 amide bonds. The van der Waals surface area contributed by atoms with Crippen molar-refractivity contribution >= 4 is 32.7 Å². The first-order valence-corrected chi connectivity index (χ1v) is 11.0. The lowest BCUT2D eigenvalue weighted by Crippen LogP contribution is -2.37. The van der Waals surface area contributed by atoms with Crippen LogP contribution in [0.5, 0.6) is 11.5 Å². The fraction of sp³-hybridized carbons (Fsp3) is 0.529. The summed E-state index contributed by atoms with van der Waals surface area (Å²) >= 11 is 1.39. The van der Waals surface area contributed by atoms with Crippen LogP contribution >= 0.6 is 11.8 Å². The summed E-state index contributed by atoms with van der Waals surface area (Å²) < 4.78 is 34.7. The highest BCUT2D eigenvalue weighted by Crippen LogP contribution is 2.39. The van der Waals surface area contributed by atoms with E-state index in [0.717, 1.165) is 5.56 Å². The van der Waals surface area contributed by atoms with E-state index in [0.29, 0.717) is 29.6 Å². The molecule has 0 saturated carbocycles. The summed E-state index contributed by atoms with van der Waals surface area (Å²) in [4.78, 5) is 17.9. The standard InChI is InChI=1S/C17H22N2O5S2/c1-4-16(20)18-17-19(12-9-26(21,22)10-15(12)25-17)8-11-5-6-13(23-2)14(7-11)24-3/h5-7,12,15H,4,8-10H2,1-3H3/t12-,15+/m0/s1. The third kappa shape index (κ3) is 3.83. The van der Waals surface area contributed by atoms with E-state index in [9.17, 15) is 13.2 Å². The Morgan fingerprint density at radius 2 is 2.00 bits per heavy atom. The van der Waals surface area contributed by atoms with Crippen LogP contribution in [0.4, 0.5) is 0 Å². The molecular formula is C17H22N2O5S2. The maximum atomic E-state index is 12.0. The molecule has 1 aromatic rings. The molecule has 142 valence electrons. The molecule has 0 radical (unpaired) electrons. The van der Waals surface area contributed by atoms with Crippen LogP contribution in [0.1, 0.15) is 18.9 Å². The molecule has 0 aliphatic carbocycles. The smallest absolute Gasteiger partial charge is 0.247 e. The normalized spacial score (nSPS) is 25.3. The Morgan fingerprint density at radius 3 is 2.65 bits per heavy atom. The highest BCUT2D eigenvalue weighted by Gasteiger charge is 2.48. The number of methoxy groups -OCH3 is 2. The number of hydrogen-bond acceptors (Lipinski definition) is 6. The van der Waals surface area contributed by atoms with Crippen LogP contribution in [0, 0.1) is 0 Å². The minimum Gasteiger partial charge on any atom is -0.493 e. The van der Waals surface area contributed by atoms with Crippen LogP contribution in [0.2, 0.25) is 0 Å². The van der Waals surface area contributed by atoms with E-state index in [2.05, 4.69) is 4.99 Å². The van der Waals surface area contributed by atoms with E-state index in [1.807, 2.05) is 23.1 Å². The summed E-state index contributed by atoms with van der Waals surface area (Å²) in [5.41, 5.74) is 0.935. The molecule has 2 aliphatic heterocycles. The summed E-state index contributed by atoms with van der Waals surface area (Å²) in [6, 6.07) is 5.41. The van der Waals surface area contributed by atoms with Crippen molar-refractivity contribution in [1.82, 2.24) is 4.90 Å². The monoisotopic (exact) mass is 398 g/mol. The van der Waals surface area contributed by atoms with Crippen molar-refractivity contribution in [1.29, 1.82) is 0 Å². The average molecular weight is 399 g/mol. The molecule has 0 spiro atoms. The molecule has 0 unspecified atom stereocenters. The van der Waals surface area contributed by atoms with Crippen LogP contribution in [0.15, 0.2) is 23.2 Å². The Labute approximate surface area is 157 Å². The molecule has 0 aromatic heterocycles. The van der Waals surface area contributed by atoms with Gasteiger partial charge in [-0.2, -0.15) is 4.99 Å². The number of carbonyl (C=O) groups is 1. The lowest BCUT2D eigenvalue weighted by Gasteiger charge is -2.24. The van der Waals surface area contributed by atoms with Gasteiger partial charge in [-0.25, -0.2) is 8.42 Å². The summed E-state index contributed by atoms with van der Waals surface area (Å²) in [5.74, 6) is 1.26. The molecule has 2 aliphatic rings. The van der Waals surface area contributed by atoms with Crippen LogP contribution in [-0.4, -0.2) is 61.4 Å². The van der Waals surface area contributed by atoms with E-state index >= 15 is 0 Å². The number of carbonyl (C=O) groups excluding carboxylic acids is 1. The number of nitrogens with zero attached hydrogens (tertiary/aromatic N) is 2. The Hall–Kier alpha value is -1.74. The Bertz CT molecular complexity index is 838. The van der Waals surface area contributed by atoms with E-state index in [1.54, 1.807) is 21.1 Å². The van der Waals surface area contributed by atoms with Gasteiger partial charge in [0.25, 0.3) is 0 Å². The van der Waals surface area contributed by atoms with Gasteiger partial charge in [0.2, 0.25) is 5.91 Å². The second-order valence-electron chi connectivity index (χ2n) is 6.26. The molecule has 2 heterocycles. The largest absolute Gasteiger partial charge is 0.493 e. The molecule has 2 atom stereocenters. The second kappa shape index (κ2) is 7.48. The van der Waals surface area contributed by atoms with Gasteiger partial charge in [-0.15, -0.1) is 0 Å². The fourth-order valence-corrected chi connectivity index (χ4v) is 7.15. The number of amides is 1. The van der Waals surface area contributed by atoms with E-state index < -0.39 is 9.84 Å². The van der Waals surface area contributed by atoms with Gasteiger partial charge in [-0.1, -0.05) is 24.8 Å². The third-order valence-electron chi connectivity index (χ3n) is 4.50. The Balaban J connectivity index is 1.90. The zero-order valence-electron chi connectivity index (χ0n) is 15.0. The van der Waals surface area contributed by atoms with E-state index in [1.165, 1.54) is 11.8 Å². The maximum absolute atomic E-state index is 12.0. The molecule has 1 aromatic carbocycles. The average Bonchev–Trinajstić information content (AvgIpc) is 3.07. The van der Waals surface area contributed by atoms with Crippen molar-refractivity contribution < 1.29 is 22.7 Å². The molecule has 26 heavy (non-hydrogen) atoms. The molecular weight excluding hydrogens is 376 g/mol. The van der Waals surface area contributed by atoms with Gasteiger partial charge in [-0.05, 0) is 17.7 Å². The number of amidine groups is 1. The van der Waals surface area contributed by atoms with Crippen LogP contribution < -0.4 is 9.47 Å². The van der Waals surface area contributed by atoms with Gasteiger partial charge in [-0.3, -0.25) is 4.79 Å². The van der Waals surface area contributed by atoms with Crippen LogP contribution in [0.25, 0.3) is 0 Å². The van der Waals surface area contributed by atoms with Crippen molar-refractivity contribution in [2.75, 3.05) is 25.7 Å². The molecule has 3 rings (SSSR count). The van der Waals surface area contributed by atoms with Crippen molar-refractivity contribution in [2.24, 2.45) is 4.99 Å². The third-order valence-corrected chi connectivity index (χ3v) is 7.75. The molecule has 2 fully saturated rings. The van der Waals surface area contributed by atoms with Crippen molar-refractivity contribution in [3.63, 3.8) is 0 Å². The van der Waals surface area contributed by atoms with Crippen LogP contribution in [0.3, 0.4) is 0 Å². The highest BCUT2D eigenvalue weighted by molar-refractivity contribution is 8.15. The lowest BCUT2D eigenvalue weighted by atomic mass is 10.1. The van der Waals surface area contributed by atoms with Gasteiger partial charge in [0.15, 0.2) is 26.5 Å². The number of fused-ring (bicyclic) bond motifs is 1. The number of rotatable bonds is 5. The topological polar surface area (TPSA) is 85.3 Å². The molecule has 0 bridgehead atoms. The number of sulfone groups is 1. The Kier molecular flexibility index (Phi) is 5.47. The number of thioether (sulfide) groups is 1.